The maximum atomic E-state index is 12.6. The van der Waals surface area contributed by atoms with Crippen LogP contribution in [0.4, 0.5) is 0 Å². The number of carbonyl (C=O) groups is 1. The Bertz CT molecular complexity index is 486. The van der Waals surface area contributed by atoms with Gasteiger partial charge in [-0.2, -0.15) is 0 Å². The van der Waals surface area contributed by atoms with Crippen LogP contribution in [-0.4, -0.2) is 12.4 Å². The van der Waals surface area contributed by atoms with Crippen molar-refractivity contribution >= 4 is 5.78 Å². The zero-order chi connectivity index (χ0) is 14.7. The molecule has 0 radical (unpaired) electrons. The van der Waals surface area contributed by atoms with E-state index in [9.17, 15) is 4.79 Å². The molecule has 0 amide bonds. The highest BCUT2D eigenvalue weighted by molar-refractivity contribution is 5.81. The van der Waals surface area contributed by atoms with Crippen molar-refractivity contribution in [1.29, 1.82) is 0 Å². The molecule has 114 valence electrons. The lowest BCUT2D eigenvalue weighted by molar-refractivity contribution is -0.127. The predicted octanol–water partition coefficient (Wildman–Crippen LogP) is 4.48. The van der Waals surface area contributed by atoms with Crippen molar-refractivity contribution in [3.63, 3.8) is 0 Å². The van der Waals surface area contributed by atoms with Crippen molar-refractivity contribution in [2.75, 3.05) is 6.61 Å². The van der Waals surface area contributed by atoms with Gasteiger partial charge in [-0.1, -0.05) is 37.6 Å². The molecule has 1 fully saturated rings. The molecule has 1 heterocycles. The Morgan fingerprint density at radius 1 is 1.19 bits per heavy atom. The molecule has 2 aliphatic rings. The molecule has 21 heavy (non-hydrogen) atoms. The van der Waals surface area contributed by atoms with Crippen molar-refractivity contribution < 1.29 is 9.53 Å². The van der Waals surface area contributed by atoms with E-state index in [1.807, 2.05) is 0 Å². The fourth-order valence-electron chi connectivity index (χ4n) is 3.89. The Labute approximate surface area is 127 Å². The van der Waals surface area contributed by atoms with Crippen LogP contribution in [0.2, 0.25) is 0 Å². The first-order valence-corrected chi connectivity index (χ1v) is 8.50. The number of carbonyl (C=O) groups excluding carboxylic acids is 1. The van der Waals surface area contributed by atoms with Gasteiger partial charge in [0.05, 0.1) is 12.7 Å². The highest BCUT2D eigenvalue weighted by Gasteiger charge is 2.29. The van der Waals surface area contributed by atoms with Crippen molar-refractivity contribution in [3.05, 3.63) is 35.4 Å². The standard InChI is InChI=1S/C19H26O2/c1-2-14-7-9-16(10-8-14)18(20)13-19-17-6-4-3-5-15(17)11-12-21-19/h3-6,14,16,19H,2,7-13H2,1H3. The van der Waals surface area contributed by atoms with E-state index in [1.54, 1.807) is 0 Å². The van der Waals surface area contributed by atoms with Crippen molar-refractivity contribution in [2.45, 2.75) is 58.0 Å². The minimum atomic E-state index is -0.00801. The summed E-state index contributed by atoms with van der Waals surface area (Å²) in [6.07, 6.45) is 7.44. The largest absolute Gasteiger partial charge is 0.373 e. The van der Waals surface area contributed by atoms with Crippen LogP contribution in [0.25, 0.3) is 0 Å². The average Bonchev–Trinajstić information content (AvgIpc) is 2.55. The van der Waals surface area contributed by atoms with Crippen LogP contribution in [0.3, 0.4) is 0 Å². The molecule has 0 spiro atoms. The van der Waals surface area contributed by atoms with E-state index in [0.29, 0.717) is 12.2 Å². The number of fused-ring (bicyclic) bond motifs is 1. The molecular formula is C19H26O2. The van der Waals surface area contributed by atoms with Crippen LogP contribution in [0.5, 0.6) is 0 Å². The second-order valence-electron chi connectivity index (χ2n) is 6.60. The van der Waals surface area contributed by atoms with E-state index < -0.39 is 0 Å². The van der Waals surface area contributed by atoms with Gasteiger partial charge in [-0.3, -0.25) is 4.79 Å². The first-order chi connectivity index (χ1) is 10.3. The van der Waals surface area contributed by atoms with Gasteiger partial charge in [-0.25, -0.2) is 0 Å². The maximum absolute atomic E-state index is 12.6. The Hall–Kier alpha value is -1.15. The van der Waals surface area contributed by atoms with E-state index in [4.69, 9.17) is 4.74 Å². The third-order valence-electron chi connectivity index (χ3n) is 5.36. The lowest BCUT2D eigenvalue weighted by Crippen LogP contribution is -2.25. The summed E-state index contributed by atoms with van der Waals surface area (Å²) in [7, 11) is 0. The minimum absolute atomic E-state index is 0.00801. The fraction of sp³-hybridized carbons (Fsp3) is 0.632. The monoisotopic (exact) mass is 286 g/mol. The summed E-state index contributed by atoms with van der Waals surface area (Å²) in [6, 6.07) is 8.43. The van der Waals surface area contributed by atoms with Gasteiger partial charge in [0.25, 0.3) is 0 Å². The summed E-state index contributed by atoms with van der Waals surface area (Å²) >= 11 is 0. The number of ketones is 1. The molecule has 2 nitrogen and oxygen atoms in total. The normalized spacial score (nSPS) is 28.9. The van der Waals surface area contributed by atoms with E-state index >= 15 is 0 Å². The summed E-state index contributed by atoms with van der Waals surface area (Å²) in [4.78, 5) is 12.6. The quantitative estimate of drug-likeness (QED) is 0.816. The second-order valence-corrected chi connectivity index (χ2v) is 6.60. The van der Waals surface area contributed by atoms with Crippen molar-refractivity contribution in [2.24, 2.45) is 11.8 Å². The number of ether oxygens (including phenoxy) is 1. The summed E-state index contributed by atoms with van der Waals surface area (Å²) in [5.41, 5.74) is 2.59. The smallest absolute Gasteiger partial charge is 0.138 e. The Balaban J connectivity index is 1.61. The SMILES string of the molecule is CCC1CCC(C(=O)CC2OCCc3ccccc32)CC1. The number of benzene rings is 1. The fourth-order valence-corrected chi connectivity index (χ4v) is 3.89. The summed E-state index contributed by atoms with van der Waals surface area (Å²) in [5, 5.41) is 0. The molecule has 1 saturated carbocycles. The Morgan fingerprint density at radius 2 is 1.95 bits per heavy atom. The first-order valence-electron chi connectivity index (χ1n) is 8.50. The van der Waals surface area contributed by atoms with E-state index in [-0.39, 0.29) is 12.0 Å². The molecule has 0 aromatic heterocycles. The van der Waals surface area contributed by atoms with Gasteiger partial charge in [-0.05, 0) is 49.1 Å². The highest BCUT2D eigenvalue weighted by atomic mass is 16.5. The number of Topliss-reactive ketones (excluding diaryl/α,β-unsaturated/α-hetero) is 1. The number of rotatable bonds is 4. The van der Waals surface area contributed by atoms with Crippen molar-refractivity contribution in [1.82, 2.24) is 0 Å². The predicted molar refractivity (Wildman–Crippen MR) is 84.2 cm³/mol. The Kier molecular flexibility index (Phi) is 4.74. The van der Waals surface area contributed by atoms with E-state index in [0.717, 1.165) is 31.8 Å². The third kappa shape index (κ3) is 3.37. The average molecular weight is 286 g/mol. The molecule has 2 heteroatoms. The van der Waals surface area contributed by atoms with Crippen molar-refractivity contribution in [3.8, 4) is 0 Å². The molecule has 0 N–H and O–H groups in total. The van der Waals surface area contributed by atoms with Crippen LogP contribution in [-0.2, 0) is 16.0 Å². The highest BCUT2D eigenvalue weighted by Crippen LogP contribution is 2.35. The molecule has 1 atom stereocenters. The van der Waals surface area contributed by atoms with Gasteiger partial charge in [0.2, 0.25) is 0 Å². The molecule has 0 saturated heterocycles. The molecule has 0 bridgehead atoms. The minimum Gasteiger partial charge on any atom is -0.373 e. The topological polar surface area (TPSA) is 26.3 Å². The van der Waals surface area contributed by atoms with Crippen LogP contribution >= 0.6 is 0 Å². The van der Waals surface area contributed by atoms with Gasteiger partial charge in [0, 0.05) is 12.3 Å². The first kappa shape index (κ1) is 14.8. The lowest BCUT2D eigenvalue weighted by Gasteiger charge is -2.30. The van der Waals surface area contributed by atoms with E-state index in [1.165, 1.54) is 30.4 Å². The molecule has 1 aliphatic carbocycles. The number of hydrogen-bond acceptors (Lipinski definition) is 2. The molecule has 3 rings (SSSR count). The van der Waals surface area contributed by atoms with Crippen LogP contribution < -0.4 is 0 Å². The summed E-state index contributed by atoms with van der Waals surface area (Å²) in [5.74, 6) is 1.55. The number of hydrogen-bond donors (Lipinski definition) is 0. The Morgan fingerprint density at radius 3 is 2.71 bits per heavy atom. The van der Waals surface area contributed by atoms with Gasteiger partial charge < -0.3 is 4.74 Å². The molecule has 1 aliphatic heterocycles. The van der Waals surface area contributed by atoms with Crippen LogP contribution in [0.1, 0.15) is 62.7 Å². The molecule has 1 unspecified atom stereocenters. The lowest BCUT2D eigenvalue weighted by atomic mass is 9.77. The van der Waals surface area contributed by atoms with Gasteiger partial charge in [-0.15, -0.1) is 0 Å². The maximum Gasteiger partial charge on any atom is 0.138 e. The van der Waals surface area contributed by atoms with Crippen LogP contribution in [0, 0.1) is 11.8 Å². The molecule has 1 aromatic carbocycles. The van der Waals surface area contributed by atoms with Gasteiger partial charge >= 0.3 is 0 Å². The zero-order valence-electron chi connectivity index (χ0n) is 13.0. The van der Waals surface area contributed by atoms with Crippen LogP contribution in [0.15, 0.2) is 24.3 Å². The second kappa shape index (κ2) is 6.74. The zero-order valence-corrected chi connectivity index (χ0v) is 13.0. The summed E-state index contributed by atoms with van der Waals surface area (Å²) in [6.45, 7) is 3.01. The summed E-state index contributed by atoms with van der Waals surface area (Å²) < 4.78 is 5.89. The van der Waals surface area contributed by atoms with Gasteiger partial charge in [0.15, 0.2) is 0 Å². The van der Waals surface area contributed by atoms with E-state index in [2.05, 4.69) is 31.2 Å². The third-order valence-corrected chi connectivity index (χ3v) is 5.36. The molecule has 1 aromatic rings. The van der Waals surface area contributed by atoms with Gasteiger partial charge in [0.1, 0.15) is 5.78 Å². The molecular weight excluding hydrogens is 260 g/mol.